The second-order valence-electron chi connectivity index (χ2n) is 6.64. The summed E-state index contributed by atoms with van der Waals surface area (Å²) in [6.45, 7) is 8.16. The molecule has 3 aromatic carbocycles. The molecule has 0 saturated heterocycles. The van der Waals surface area contributed by atoms with Crippen molar-refractivity contribution < 1.29 is 13.6 Å². The Morgan fingerprint density at radius 2 is 0.852 bits per heavy atom. The molecule has 0 fully saturated rings. The number of hydrogen-bond acceptors (Lipinski definition) is 3. The summed E-state index contributed by atoms with van der Waals surface area (Å²) >= 11 is 0. The van der Waals surface area contributed by atoms with Gasteiger partial charge in [-0.3, -0.25) is 0 Å². The Balaban J connectivity index is 2.02. The second kappa shape index (κ2) is 8.45. The molecule has 0 aliphatic rings. The Kier molecular flexibility index (Phi) is 6.03. The first kappa shape index (κ1) is 19.3. The monoisotopic (exact) mass is 382 g/mol. The third-order valence-corrected chi connectivity index (χ3v) is 6.97. The Labute approximate surface area is 162 Å². The molecule has 3 aromatic rings. The first-order valence-corrected chi connectivity index (χ1v) is 11.2. The fourth-order valence-corrected chi connectivity index (χ4v) is 5.04. The van der Waals surface area contributed by atoms with Crippen LogP contribution in [0, 0.1) is 20.8 Å². The van der Waals surface area contributed by atoms with Crippen LogP contribution in [0.15, 0.2) is 72.8 Å². The average molecular weight is 382 g/mol. The molecule has 0 aromatic heterocycles. The summed E-state index contributed by atoms with van der Waals surface area (Å²) in [6.07, 6.45) is 0.643. The molecule has 0 radical (unpaired) electrons. The van der Waals surface area contributed by atoms with E-state index in [2.05, 4.69) is 6.92 Å². The van der Waals surface area contributed by atoms with Crippen molar-refractivity contribution in [1.29, 1.82) is 0 Å². The average Bonchev–Trinajstić information content (AvgIpc) is 2.67. The summed E-state index contributed by atoms with van der Waals surface area (Å²) in [5, 5.41) is 0. The van der Waals surface area contributed by atoms with Gasteiger partial charge < -0.3 is 0 Å². The summed E-state index contributed by atoms with van der Waals surface area (Å²) < 4.78 is 19.5. The van der Waals surface area contributed by atoms with Crippen molar-refractivity contribution in [2.24, 2.45) is 0 Å². The topological polar surface area (TPSA) is 27.7 Å². The van der Waals surface area contributed by atoms with E-state index in [1.165, 1.54) is 0 Å². The molecule has 0 saturated carbocycles. The van der Waals surface area contributed by atoms with E-state index in [0.29, 0.717) is 6.16 Å². The van der Waals surface area contributed by atoms with Crippen LogP contribution in [0.25, 0.3) is 0 Å². The van der Waals surface area contributed by atoms with E-state index in [-0.39, 0.29) is 0 Å². The van der Waals surface area contributed by atoms with Crippen molar-refractivity contribution in [3.05, 3.63) is 89.5 Å². The predicted molar refractivity (Wildman–Crippen MR) is 114 cm³/mol. The zero-order valence-corrected chi connectivity index (χ0v) is 17.4. The summed E-state index contributed by atoms with van der Waals surface area (Å²) in [4.78, 5) is 0. The third-order valence-electron chi connectivity index (χ3n) is 4.51. The fraction of sp³-hybridized carbons (Fsp3) is 0.217. The normalized spacial score (nSPS) is 11.7. The Hall–Kier alpha value is -2.51. The Morgan fingerprint density at radius 3 is 1.11 bits per heavy atom. The SMILES string of the molecule is CC[PH](Oc1ccccc1C)(Oc1ccccc1C)Oc1ccccc1C. The molecular weight excluding hydrogens is 355 g/mol. The number of rotatable bonds is 7. The van der Waals surface area contributed by atoms with E-state index in [1.54, 1.807) is 0 Å². The molecule has 142 valence electrons. The summed E-state index contributed by atoms with van der Waals surface area (Å²) in [6, 6.07) is 23.9. The van der Waals surface area contributed by atoms with Crippen LogP contribution in [0.5, 0.6) is 17.2 Å². The van der Waals surface area contributed by atoms with Gasteiger partial charge in [0, 0.05) is 0 Å². The molecule has 0 spiro atoms. The number of hydrogen-bond donors (Lipinski definition) is 0. The molecule has 0 unspecified atom stereocenters. The van der Waals surface area contributed by atoms with E-state index in [0.717, 1.165) is 33.9 Å². The molecule has 0 aliphatic heterocycles. The van der Waals surface area contributed by atoms with Crippen LogP contribution in [0.3, 0.4) is 0 Å². The van der Waals surface area contributed by atoms with Crippen LogP contribution in [0.1, 0.15) is 23.6 Å². The molecular formula is C23H27O3P. The molecule has 0 amide bonds. The van der Waals surface area contributed by atoms with Gasteiger partial charge in [0.05, 0.1) is 0 Å². The molecule has 27 heavy (non-hydrogen) atoms. The van der Waals surface area contributed by atoms with E-state index in [9.17, 15) is 0 Å². The third kappa shape index (κ3) is 4.61. The fourth-order valence-electron chi connectivity index (χ4n) is 2.79. The van der Waals surface area contributed by atoms with Crippen LogP contribution in [0.4, 0.5) is 0 Å². The van der Waals surface area contributed by atoms with E-state index < -0.39 is 7.94 Å². The summed E-state index contributed by atoms with van der Waals surface area (Å²) in [7, 11) is -3.09. The van der Waals surface area contributed by atoms with Crippen molar-refractivity contribution in [2.45, 2.75) is 27.7 Å². The minimum atomic E-state index is -3.09. The van der Waals surface area contributed by atoms with Crippen molar-refractivity contribution in [1.82, 2.24) is 0 Å². The molecule has 0 atom stereocenters. The van der Waals surface area contributed by atoms with Gasteiger partial charge in [0.15, 0.2) is 0 Å². The van der Waals surface area contributed by atoms with Crippen LogP contribution < -0.4 is 13.6 Å². The summed E-state index contributed by atoms with van der Waals surface area (Å²) in [5.74, 6) is 2.40. The van der Waals surface area contributed by atoms with Crippen molar-refractivity contribution in [2.75, 3.05) is 6.16 Å². The van der Waals surface area contributed by atoms with Crippen molar-refractivity contribution in [3.8, 4) is 17.2 Å². The molecule has 0 bridgehead atoms. The molecule has 4 heteroatoms. The molecule has 3 nitrogen and oxygen atoms in total. The standard InChI is InChI=1S/C23H27O3P/c1-5-27(24-21-15-9-6-12-18(21)2,25-22-16-10-7-13-19(22)3)26-23-17-11-8-14-20(23)4/h6-17,27H,5H2,1-4H3. The van der Waals surface area contributed by atoms with Gasteiger partial charge in [0.25, 0.3) is 0 Å². The van der Waals surface area contributed by atoms with Gasteiger partial charge in [-0.15, -0.1) is 0 Å². The van der Waals surface area contributed by atoms with Gasteiger partial charge in [0.2, 0.25) is 0 Å². The maximum absolute atomic E-state index is 6.49. The van der Waals surface area contributed by atoms with E-state index in [1.807, 2.05) is 93.6 Å². The first-order chi connectivity index (χ1) is 13.0. The first-order valence-electron chi connectivity index (χ1n) is 9.27. The predicted octanol–water partition coefficient (Wildman–Crippen LogP) is 6.66. The maximum atomic E-state index is 6.49. The van der Waals surface area contributed by atoms with Crippen LogP contribution >= 0.6 is 7.94 Å². The zero-order chi connectivity index (χ0) is 19.3. The number of para-hydroxylation sites is 3. The van der Waals surface area contributed by atoms with Gasteiger partial charge in [-0.25, -0.2) is 0 Å². The number of benzene rings is 3. The van der Waals surface area contributed by atoms with Crippen molar-refractivity contribution in [3.63, 3.8) is 0 Å². The molecule has 0 aliphatic carbocycles. The molecule has 0 heterocycles. The molecule has 0 N–H and O–H groups in total. The quantitative estimate of drug-likeness (QED) is 0.428. The van der Waals surface area contributed by atoms with Gasteiger partial charge in [-0.2, -0.15) is 0 Å². The van der Waals surface area contributed by atoms with Gasteiger partial charge >= 0.3 is 162 Å². The van der Waals surface area contributed by atoms with Gasteiger partial charge in [-0.05, 0) is 0 Å². The minimum absolute atomic E-state index is 0.643. The van der Waals surface area contributed by atoms with E-state index >= 15 is 0 Å². The molecule has 3 rings (SSSR count). The second-order valence-corrected chi connectivity index (χ2v) is 9.32. The van der Waals surface area contributed by atoms with Gasteiger partial charge in [-0.1, -0.05) is 0 Å². The van der Waals surface area contributed by atoms with Crippen LogP contribution in [-0.4, -0.2) is 6.16 Å². The van der Waals surface area contributed by atoms with Crippen LogP contribution in [-0.2, 0) is 0 Å². The van der Waals surface area contributed by atoms with Crippen LogP contribution in [0.2, 0.25) is 0 Å². The van der Waals surface area contributed by atoms with E-state index in [4.69, 9.17) is 13.6 Å². The Bertz CT molecular complexity index is 792. The summed E-state index contributed by atoms with van der Waals surface area (Å²) in [5.41, 5.74) is 3.18. The van der Waals surface area contributed by atoms with Crippen molar-refractivity contribution >= 4 is 7.94 Å². The number of aryl methyl sites for hydroxylation is 3. The zero-order valence-electron chi connectivity index (χ0n) is 16.4. The van der Waals surface area contributed by atoms with Gasteiger partial charge in [0.1, 0.15) is 0 Å². The Morgan fingerprint density at radius 1 is 0.556 bits per heavy atom.